The van der Waals surface area contributed by atoms with E-state index in [0.29, 0.717) is 72.5 Å². The van der Waals surface area contributed by atoms with Gasteiger partial charge in [-0.2, -0.15) is 0 Å². The molecule has 0 bridgehead atoms. The molecule has 8 aliphatic heterocycles. The van der Waals surface area contributed by atoms with Crippen LogP contribution in [0.4, 0.5) is 0 Å². The Labute approximate surface area is 586 Å². The fourth-order valence-corrected chi connectivity index (χ4v) is 16.2. The van der Waals surface area contributed by atoms with Crippen LogP contribution in [0.3, 0.4) is 0 Å². The Kier molecular flexibility index (Phi) is 30.0. The molecular formula is C78H116N4O12S2. The average molecular weight is 1370 g/mol. The second kappa shape index (κ2) is 36.4. The van der Waals surface area contributed by atoms with Crippen molar-refractivity contribution in [2.75, 3.05) is 109 Å². The number of carbonyl (C=O) groups excluding carboxylic acids is 4. The lowest BCUT2D eigenvalue weighted by Crippen LogP contribution is -2.46. The topological polar surface area (TPSA) is 155 Å². The van der Waals surface area contributed by atoms with Crippen molar-refractivity contribution in [3.05, 3.63) is 93.0 Å². The molecule has 16 nitrogen and oxygen atoms in total. The highest BCUT2D eigenvalue weighted by Gasteiger charge is 2.43. The van der Waals surface area contributed by atoms with Gasteiger partial charge in [0.05, 0.1) is 56.9 Å². The number of piperidine rings is 4. The fraction of sp³-hybridized carbons (Fsp3) is 0.641. The minimum atomic E-state index is 0. The van der Waals surface area contributed by atoms with Gasteiger partial charge >= 0.3 is 0 Å². The first kappa shape index (κ1) is 79.2. The van der Waals surface area contributed by atoms with Gasteiger partial charge in [0.2, 0.25) is 0 Å². The van der Waals surface area contributed by atoms with Gasteiger partial charge in [-0.3, -0.25) is 38.8 Å². The maximum atomic E-state index is 12.6. The number of hydrogen-bond acceptors (Lipinski definition) is 18. The van der Waals surface area contributed by atoms with Crippen molar-refractivity contribution in [3.8, 4) is 46.0 Å². The zero-order valence-corrected chi connectivity index (χ0v) is 60.8. The van der Waals surface area contributed by atoms with Crippen LogP contribution in [0.5, 0.6) is 46.0 Å². The molecule has 4 fully saturated rings. The quantitative estimate of drug-likeness (QED) is 0.104. The van der Waals surface area contributed by atoms with E-state index in [1.54, 1.807) is 56.9 Å². The minimum absolute atomic E-state index is 0. The molecule has 532 valence electrons. The summed E-state index contributed by atoms with van der Waals surface area (Å²) in [5.74, 6) is 10.9. The molecule has 4 saturated heterocycles. The van der Waals surface area contributed by atoms with Gasteiger partial charge < -0.3 is 37.9 Å². The summed E-state index contributed by atoms with van der Waals surface area (Å²) in [7, 11) is 13.3. The van der Waals surface area contributed by atoms with Crippen molar-refractivity contribution in [1.29, 1.82) is 0 Å². The molecule has 8 heterocycles. The Hall–Kier alpha value is -5.76. The van der Waals surface area contributed by atoms with Gasteiger partial charge in [-0.05, 0) is 168 Å². The summed E-state index contributed by atoms with van der Waals surface area (Å²) in [4.78, 5) is 60.3. The standard InChI is InChI=1S/4C19H27NO3.2CH4.S2/c4*1-12(2)7-14-11-20-6-5-13-8-18(22-3)19(23-4)9-15(13)16(20)10-17(14)21;;;1-2/h4*8-9,12,14,16H,5-7,10-11H2,1-4H3;2*1H4;/t2*14-,16+;2*14-,16-;;;/m1010.../s1. The van der Waals surface area contributed by atoms with E-state index < -0.39 is 0 Å². The zero-order valence-electron chi connectivity index (χ0n) is 59.2. The molecule has 0 unspecified atom stereocenters. The van der Waals surface area contributed by atoms with E-state index in [9.17, 15) is 19.2 Å². The molecule has 8 atom stereocenters. The van der Waals surface area contributed by atoms with Crippen LogP contribution in [0.25, 0.3) is 0 Å². The number of nitrogens with zero attached hydrogens (tertiary/aromatic N) is 4. The van der Waals surface area contributed by atoms with Gasteiger partial charge in [0.1, 0.15) is 23.1 Å². The maximum Gasteiger partial charge on any atom is 0.161 e. The monoisotopic (exact) mass is 1360 g/mol. The van der Waals surface area contributed by atoms with Crippen LogP contribution in [0.15, 0.2) is 48.5 Å². The van der Waals surface area contributed by atoms with Crippen molar-refractivity contribution in [1.82, 2.24) is 19.6 Å². The lowest BCUT2D eigenvalue weighted by atomic mass is 9.80. The van der Waals surface area contributed by atoms with E-state index >= 15 is 0 Å². The summed E-state index contributed by atoms with van der Waals surface area (Å²) in [6.45, 7) is 25.3. The molecule has 0 spiro atoms. The normalized spacial score (nSPS) is 23.3. The third-order valence-electron chi connectivity index (χ3n) is 20.7. The number of ketones is 4. The van der Waals surface area contributed by atoms with Gasteiger partial charge in [0.25, 0.3) is 0 Å². The molecule has 0 N–H and O–H groups in total. The second-order valence-corrected chi connectivity index (χ2v) is 28.7. The Morgan fingerprint density at radius 1 is 0.323 bits per heavy atom. The molecule has 0 amide bonds. The van der Waals surface area contributed by atoms with Crippen molar-refractivity contribution >= 4 is 45.5 Å². The zero-order chi connectivity index (χ0) is 68.2. The molecule has 0 aromatic heterocycles. The van der Waals surface area contributed by atoms with E-state index in [1.807, 2.05) is 0 Å². The van der Waals surface area contributed by atoms with Crippen LogP contribution < -0.4 is 37.9 Å². The highest BCUT2D eigenvalue weighted by atomic mass is 32.8. The number of carbonyl (C=O) groups is 4. The van der Waals surface area contributed by atoms with E-state index in [0.717, 1.165) is 150 Å². The largest absolute Gasteiger partial charge is 0.493 e. The van der Waals surface area contributed by atoms with E-state index in [1.165, 1.54) is 44.5 Å². The smallest absolute Gasteiger partial charge is 0.161 e. The third-order valence-corrected chi connectivity index (χ3v) is 20.7. The van der Waals surface area contributed by atoms with Crippen LogP contribution in [0.1, 0.15) is 190 Å². The molecule has 18 heteroatoms. The molecule has 4 aromatic rings. The lowest BCUT2D eigenvalue weighted by Gasteiger charge is -2.43. The van der Waals surface area contributed by atoms with Crippen LogP contribution in [0.2, 0.25) is 0 Å². The van der Waals surface area contributed by atoms with E-state index in [2.05, 4.69) is 146 Å². The number of methoxy groups -OCH3 is 8. The molecule has 0 radical (unpaired) electrons. The molecule has 0 aliphatic carbocycles. The first-order valence-corrected chi connectivity index (χ1v) is 35.7. The summed E-state index contributed by atoms with van der Waals surface area (Å²) in [5, 5.41) is 0. The number of hydrogen-bond donors (Lipinski definition) is 0. The third kappa shape index (κ3) is 18.6. The van der Waals surface area contributed by atoms with Gasteiger partial charge in [0.15, 0.2) is 46.0 Å². The lowest BCUT2D eigenvalue weighted by molar-refractivity contribution is -0.130. The number of fused-ring (bicyclic) bond motifs is 12. The number of ether oxygens (including phenoxy) is 8. The Bertz CT molecular complexity index is 2840. The van der Waals surface area contributed by atoms with Crippen LogP contribution in [-0.4, -0.2) is 152 Å². The van der Waals surface area contributed by atoms with Gasteiger partial charge in [0, 0.05) is 148 Å². The second-order valence-electron chi connectivity index (χ2n) is 28.7. The molecular weight excluding hydrogens is 1250 g/mol. The number of rotatable bonds is 16. The van der Waals surface area contributed by atoms with Crippen LogP contribution in [0, 0.1) is 47.3 Å². The highest BCUT2D eigenvalue weighted by Crippen LogP contribution is 2.47. The van der Waals surface area contributed by atoms with Crippen molar-refractivity contribution in [2.24, 2.45) is 47.3 Å². The Morgan fingerprint density at radius 2 is 0.490 bits per heavy atom. The van der Waals surface area contributed by atoms with Crippen LogP contribution in [-0.2, 0) is 67.2 Å². The number of Topliss-reactive ketones (excluding diaryl/α,β-unsaturated/α-hetero) is 4. The fourth-order valence-electron chi connectivity index (χ4n) is 16.2. The summed E-state index contributed by atoms with van der Waals surface area (Å²) in [6.07, 6.45) is 10.5. The van der Waals surface area contributed by atoms with E-state index in [-0.39, 0.29) is 62.7 Å². The van der Waals surface area contributed by atoms with Gasteiger partial charge in [-0.1, -0.05) is 70.2 Å². The molecule has 0 saturated carbocycles. The first-order valence-electron chi connectivity index (χ1n) is 34.4. The molecule has 12 rings (SSSR count). The summed E-state index contributed by atoms with van der Waals surface area (Å²) < 4.78 is 43.5. The van der Waals surface area contributed by atoms with Crippen molar-refractivity contribution in [2.45, 2.75) is 171 Å². The maximum absolute atomic E-state index is 12.6. The van der Waals surface area contributed by atoms with Crippen LogP contribution >= 0.6 is 0 Å². The van der Waals surface area contributed by atoms with E-state index in [4.69, 9.17) is 37.9 Å². The predicted molar refractivity (Wildman–Crippen MR) is 389 cm³/mol. The summed E-state index contributed by atoms with van der Waals surface area (Å²) in [6, 6.07) is 17.4. The SMILES string of the molecule is C.C.COc1cc2c(cc1OC)[C@@H]1CC(=O)[C@@H](CC(C)C)CN1CC2.COc1cc2c(cc1OC)[C@@H]1CC(=O)[C@H](CC(C)C)CN1CC2.COc1cc2c(cc1OC)[C@H]1CC(=O)[C@@H](CC(C)C)CN1CC2.COc1cc2c(cc1OC)[C@H]1CC(=O)[C@H](CC(C)C)CN1CC2.S=S. The Morgan fingerprint density at radius 3 is 0.646 bits per heavy atom. The van der Waals surface area contributed by atoms with Gasteiger partial charge in [-0.15, -0.1) is 0 Å². The Balaban J connectivity index is 0.000000199. The van der Waals surface area contributed by atoms with Crippen molar-refractivity contribution < 1.29 is 57.1 Å². The predicted octanol–water partition coefficient (Wildman–Crippen LogP) is 14.2. The minimum Gasteiger partial charge on any atom is -0.493 e. The highest BCUT2D eigenvalue weighted by molar-refractivity contribution is 8.07. The summed E-state index contributed by atoms with van der Waals surface area (Å²) >= 11 is 7.33. The summed E-state index contributed by atoms with van der Waals surface area (Å²) in [5.41, 5.74) is 10.1. The average Bonchev–Trinajstić information content (AvgIpc) is 0.800. The molecule has 96 heavy (non-hydrogen) atoms. The number of benzene rings is 4. The molecule has 4 aromatic carbocycles. The molecule has 8 aliphatic rings. The van der Waals surface area contributed by atoms with Crippen molar-refractivity contribution in [3.63, 3.8) is 0 Å². The van der Waals surface area contributed by atoms with Gasteiger partial charge in [-0.25, -0.2) is 0 Å². The first-order chi connectivity index (χ1) is 45.1.